The molecule has 2 atom stereocenters. The van der Waals surface area contributed by atoms with Gasteiger partial charge in [0.15, 0.2) is 11.4 Å². The Morgan fingerprint density at radius 1 is 1.31 bits per heavy atom. The van der Waals surface area contributed by atoms with Gasteiger partial charge in [-0.15, -0.1) is 0 Å². The molecule has 0 saturated heterocycles. The highest BCUT2D eigenvalue weighted by molar-refractivity contribution is 7.18. The van der Waals surface area contributed by atoms with E-state index in [9.17, 15) is 18.7 Å². The molecule has 0 aliphatic rings. The van der Waals surface area contributed by atoms with E-state index in [-0.39, 0.29) is 11.3 Å². The third-order valence-corrected chi connectivity index (χ3v) is 3.06. The molecule has 5 heteroatoms. The summed E-state index contributed by atoms with van der Waals surface area (Å²) >= 11 is 0. The molecule has 1 N–H and O–H groups in total. The van der Waals surface area contributed by atoms with Crippen LogP contribution in [0.15, 0.2) is 24.3 Å². The average Bonchev–Trinajstić information content (AvgIpc) is 2.16. The molecule has 16 heavy (non-hydrogen) atoms. The SMILES string of the molecule is CC(=O)c1ccc([C@](C)(O)C(F)(F)P)cc1. The molecule has 0 bridgehead atoms. The third-order valence-electron chi connectivity index (χ3n) is 2.50. The first-order valence-electron chi connectivity index (χ1n) is 4.67. The van der Waals surface area contributed by atoms with Gasteiger partial charge in [-0.1, -0.05) is 33.5 Å². The van der Waals surface area contributed by atoms with Crippen molar-refractivity contribution in [2.45, 2.75) is 25.1 Å². The summed E-state index contributed by atoms with van der Waals surface area (Å²) in [7, 11) is 1.31. The lowest BCUT2D eigenvalue weighted by atomic mass is 9.95. The zero-order valence-electron chi connectivity index (χ0n) is 9.00. The van der Waals surface area contributed by atoms with Gasteiger partial charge in [-0.3, -0.25) is 4.79 Å². The number of rotatable bonds is 3. The molecular weight excluding hydrogens is 233 g/mol. The van der Waals surface area contributed by atoms with E-state index in [4.69, 9.17) is 0 Å². The number of hydrogen-bond acceptors (Lipinski definition) is 2. The molecule has 0 spiro atoms. The van der Waals surface area contributed by atoms with Crippen molar-refractivity contribution in [2.75, 3.05) is 0 Å². The lowest BCUT2D eigenvalue weighted by molar-refractivity contribution is -0.115. The van der Waals surface area contributed by atoms with Gasteiger partial charge in [0.25, 0.3) is 5.66 Å². The van der Waals surface area contributed by atoms with E-state index in [1.807, 2.05) is 0 Å². The van der Waals surface area contributed by atoms with E-state index in [1.54, 1.807) is 0 Å². The Balaban J connectivity index is 3.11. The van der Waals surface area contributed by atoms with Crippen LogP contribution in [0.5, 0.6) is 0 Å². The fourth-order valence-corrected chi connectivity index (χ4v) is 1.39. The summed E-state index contributed by atoms with van der Waals surface area (Å²) in [6.07, 6.45) is 0. The molecule has 0 saturated carbocycles. The first-order chi connectivity index (χ1) is 7.16. The van der Waals surface area contributed by atoms with Crippen molar-refractivity contribution in [3.8, 4) is 0 Å². The van der Waals surface area contributed by atoms with Crippen LogP contribution in [0.2, 0.25) is 0 Å². The second-order valence-corrected chi connectivity index (χ2v) is 4.55. The van der Waals surface area contributed by atoms with E-state index in [2.05, 4.69) is 0 Å². The van der Waals surface area contributed by atoms with Crippen LogP contribution < -0.4 is 0 Å². The average molecular weight is 246 g/mol. The lowest BCUT2D eigenvalue weighted by Gasteiger charge is -2.30. The van der Waals surface area contributed by atoms with Crippen LogP contribution in [0.1, 0.15) is 29.8 Å². The number of hydrogen-bond donors (Lipinski definition) is 1. The van der Waals surface area contributed by atoms with Crippen molar-refractivity contribution in [3.05, 3.63) is 35.4 Å². The van der Waals surface area contributed by atoms with Crippen LogP contribution in [0.3, 0.4) is 0 Å². The minimum atomic E-state index is -3.33. The quantitative estimate of drug-likeness (QED) is 0.657. The minimum Gasteiger partial charge on any atom is -0.379 e. The molecule has 1 rings (SSSR count). The number of carbonyl (C=O) groups is 1. The maximum absolute atomic E-state index is 13.1. The Morgan fingerprint density at radius 2 is 1.75 bits per heavy atom. The van der Waals surface area contributed by atoms with Gasteiger partial charge in [-0.25, -0.2) is 0 Å². The zero-order valence-corrected chi connectivity index (χ0v) is 10.2. The van der Waals surface area contributed by atoms with Gasteiger partial charge in [-0.2, -0.15) is 8.78 Å². The maximum Gasteiger partial charge on any atom is 0.290 e. The number of aliphatic hydroxyl groups is 1. The largest absolute Gasteiger partial charge is 0.379 e. The summed E-state index contributed by atoms with van der Waals surface area (Å²) in [6.45, 7) is 2.42. The number of benzene rings is 1. The summed E-state index contributed by atoms with van der Waals surface area (Å²) < 4.78 is 26.2. The first-order valence-corrected chi connectivity index (χ1v) is 5.24. The summed E-state index contributed by atoms with van der Waals surface area (Å²) in [5, 5.41) is 9.70. The summed E-state index contributed by atoms with van der Waals surface area (Å²) in [5.74, 6) is -0.149. The number of alkyl halides is 2. The summed E-state index contributed by atoms with van der Waals surface area (Å²) in [4.78, 5) is 11.0. The van der Waals surface area contributed by atoms with Crippen molar-refractivity contribution in [2.24, 2.45) is 0 Å². The minimum absolute atomic E-state index is 0.0671. The predicted octanol–water partition coefficient (Wildman–Crippen LogP) is 2.56. The lowest BCUT2D eigenvalue weighted by Crippen LogP contribution is -2.37. The number of halogens is 2. The van der Waals surface area contributed by atoms with Gasteiger partial charge in [0.1, 0.15) is 0 Å². The Morgan fingerprint density at radius 3 is 2.06 bits per heavy atom. The molecule has 0 radical (unpaired) electrons. The molecule has 2 nitrogen and oxygen atoms in total. The monoisotopic (exact) mass is 246 g/mol. The maximum atomic E-state index is 13.1. The summed E-state index contributed by atoms with van der Waals surface area (Å²) in [6, 6.07) is 5.49. The van der Waals surface area contributed by atoms with Gasteiger partial charge in [0.05, 0.1) is 0 Å². The molecule has 1 aromatic carbocycles. The predicted molar refractivity (Wildman–Crippen MR) is 60.7 cm³/mol. The second kappa shape index (κ2) is 4.19. The Hall–Kier alpha value is -0.860. The molecule has 0 amide bonds. The van der Waals surface area contributed by atoms with E-state index in [0.29, 0.717) is 5.56 Å². The van der Waals surface area contributed by atoms with Crippen LogP contribution in [-0.2, 0) is 5.60 Å². The van der Waals surface area contributed by atoms with Crippen LogP contribution in [0.25, 0.3) is 0 Å². The van der Waals surface area contributed by atoms with Gasteiger partial charge in [-0.05, 0) is 19.4 Å². The van der Waals surface area contributed by atoms with Crippen molar-refractivity contribution in [1.29, 1.82) is 0 Å². The Kier molecular flexibility index (Phi) is 3.46. The molecule has 0 fully saturated rings. The smallest absolute Gasteiger partial charge is 0.290 e. The number of ketones is 1. The van der Waals surface area contributed by atoms with E-state index < -0.39 is 11.3 Å². The standard InChI is InChI=1S/C11H13F2O2P/c1-7(14)8-3-5-9(6-4-8)10(2,15)11(12,13)16/h3-6,15H,16H2,1-2H3/t10-/m0/s1. The number of Topliss-reactive ketones (excluding diaryl/α,β-unsaturated/α-hetero) is 1. The molecule has 0 aliphatic carbocycles. The number of carbonyl (C=O) groups excluding carboxylic acids is 1. The molecule has 1 aromatic rings. The second-order valence-electron chi connectivity index (χ2n) is 3.83. The molecular formula is C11H13F2O2P. The zero-order chi connectivity index (χ0) is 12.6. The van der Waals surface area contributed by atoms with Crippen LogP contribution >= 0.6 is 9.24 Å². The van der Waals surface area contributed by atoms with E-state index in [0.717, 1.165) is 6.92 Å². The van der Waals surface area contributed by atoms with E-state index >= 15 is 0 Å². The van der Waals surface area contributed by atoms with Gasteiger partial charge in [0, 0.05) is 5.56 Å². The highest BCUT2D eigenvalue weighted by Gasteiger charge is 2.46. The third kappa shape index (κ3) is 2.45. The van der Waals surface area contributed by atoms with Crippen molar-refractivity contribution < 1.29 is 18.7 Å². The van der Waals surface area contributed by atoms with Crippen molar-refractivity contribution >= 4 is 15.0 Å². The van der Waals surface area contributed by atoms with Crippen molar-refractivity contribution in [3.63, 3.8) is 0 Å². The fourth-order valence-electron chi connectivity index (χ4n) is 1.22. The molecule has 0 aliphatic heterocycles. The van der Waals surface area contributed by atoms with Crippen LogP contribution in [0, 0.1) is 0 Å². The normalized spacial score (nSPS) is 15.6. The molecule has 0 heterocycles. The molecule has 1 unspecified atom stereocenters. The van der Waals surface area contributed by atoms with Crippen LogP contribution in [0.4, 0.5) is 8.78 Å². The highest BCUT2D eigenvalue weighted by atomic mass is 31.0. The van der Waals surface area contributed by atoms with Gasteiger partial charge in [0.2, 0.25) is 0 Å². The molecule has 0 aromatic heterocycles. The van der Waals surface area contributed by atoms with Crippen molar-refractivity contribution in [1.82, 2.24) is 0 Å². The fraction of sp³-hybridized carbons (Fsp3) is 0.364. The Labute approximate surface area is 94.9 Å². The summed E-state index contributed by atoms with van der Waals surface area (Å²) in [5.41, 5.74) is -5.11. The highest BCUT2D eigenvalue weighted by Crippen LogP contribution is 2.42. The topological polar surface area (TPSA) is 37.3 Å². The Bertz CT molecular complexity index is 393. The molecule has 88 valence electrons. The van der Waals surface area contributed by atoms with Crippen LogP contribution in [-0.4, -0.2) is 16.6 Å². The van der Waals surface area contributed by atoms with E-state index in [1.165, 1.54) is 40.4 Å². The van der Waals surface area contributed by atoms with Gasteiger partial charge >= 0.3 is 0 Å². The first kappa shape index (κ1) is 13.2. The van der Waals surface area contributed by atoms with Gasteiger partial charge < -0.3 is 5.11 Å².